The molecule has 1 saturated carbocycles. The Balaban J connectivity index is 2.31. The van der Waals surface area contributed by atoms with E-state index in [4.69, 9.17) is 16.3 Å². The minimum Gasteiger partial charge on any atom is -0.467 e. The van der Waals surface area contributed by atoms with Crippen LogP contribution in [0.15, 0.2) is 24.3 Å². The summed E-state index contributed by atoms with van der Waals surface area (Å²) >= 11 is 5.86. The Bertz CT molecular complexity index is 500. The minimum absolute atomic E-state index is 0.0684. The number of carbonyl (C=O) groups is 2. The Morgan fingerprint density at radius 2 is 2.00 bits per heavy atom. The maximum atomic E-state index is 12.0. The molecule has 2 rings (SSSR count). The van der Waals surface area contributed by atoms with Crippen LogP contribution in [0.25, 0.3) is 0 Å². The van der Waals surface area contributed by atoms with Gasteiger partial charge in [0.05, 0.1) is 7.11 Å². The summed E-state index contributed by atoms with van der Waals surface area (Å²) in [7, 11) is 1.34. The van der Waals surface area contributed by atoms with Crippen LogP contribution in [0.4, 0.5) is 0 Å². The van der Waals surface area contributed by atoms with E-state index in [9.17, 15) is 9.59 Å². The van der Waals surface area contributed by atoms with E-state index in [-0.39, 0.29) is 11.8 Å². The van der Waals surface area contributed by atoms with E-state index >= 15 is 0 Å². The number of hydrogen-bond donors (Lipinski definition) is 1. The maximum Gasteiger partial charge on any atom is 0.332 e. The van der Waals surface area contributed by atoms with Crippen LogP contribution in [0, 0.1) is 0 Å². The van der Waals surface area contributed by atoms with Crippen molar-refractivity contribution in [2.75, 3.05) is 7.11 Å². The summed E-state index contributed by atoms with van der Waals surface area (Å²) in [5, 5.41) is 3.40. The van der Waals surface area contributed by atoms with Crippen molar-refractivity contribution in [3.8, 4) is 0 Å². The number of esters is 1. The Hall–Kier alpha value is -1.55. The molecule has 1 N–H and O–H groups in total. The van der Waals surface area contributed by atoms with Gasteiger partial charge in [-0.15, -0.1) is 0 Å². The number of nitrogens with one attached hydrogen (secondary N) is 1. The van der Waals surface area contributed by atoms with Crippen LogP contribution in [-0.4, -0.2) is 24.5 Å². The van der Waals surface area contributed by atoms with E-state index in [1.165, 1.54) is 14.0 Å². The highest BCUT2D eigenvalue weighted by Gasteiger charge is 2.55. The quantitative estimate of drug-likeness (QED) is 0.865. The summed E-state index contributed by atoms with van der Waals surface area (Å²) in [5.74, 6) is -0.695. The largest absolute Gasteiger partial charge is 0.467 e. The molecule has 0 spiro atoms. The second kappa shape index (κ2) is 5.21. The molecule has 0 radical (unpaired) electrons. The monoisotopic (exact) mass is 281 g/mol. The van der Waals surface area contributed by atoms with Crippen LogP contribution < -0.4 is 5.32 Å². The van der Waals surface area contributed by atoms with Crippen molar-refractivity contribution in [3.63, 3.8) is 0 Å². The number of benzene rings is 1. The van der Waals surface area contributed by atoms with Gasteiger partial charge in [0.15, 0.2) is 0 Å². The molecule has 0 aromatic heterocycles. The molecular weight excluding hydrogens is 266 g/mol. The van der Waals surface area contributed by atoms with Gasteiger partial charge in [-0.05, 0) is 30.5 Å². The molecule has 0 heterocycles. The first-order valence-electron chi connectivity index (χ1n) is 6.12. The van der Waals surface area contributed by atoms with E-state index in [0.717, 1.165) is 12.0 Å². The van der Waals surface area contributed by atoms with Gasteiger partial charge in [-0.2, -0.15) is 0 Å². The maximum absolute atomic E-state index is 12.0. The van der Waals surface area contributed by atoms with Gasteiger partial charge >= 0.3 is 5.97 Å². The molecule has 102 valence electrons. The van der Waals surface area contributed by atoms with Crippen LogP contribution in [0.5, 0.6) is 0 Å². The van der Waals surface area contributed by atoms with Crippen LogP contribution in [0.1, 0.15) is 31.2 Å². The summed E-state index contributed by atoms with van der Waals surface area (Å²) in [5.41, 5.74) is 0.0452. The first-order valence-corrected chi connectivity index (χ1v) is 6.50. The first kappa shape index (κ1) is 13.9. The van der Waals surface area contributed by atoms with E-state index in [2.05, 4.69) is 5.32 Å². The molecular formula is C14H16ClNO3. The SMILES string of the molecule is COC(=O)[C@@]1(NC(C)=O)CC[C@@H]1c1ccc(Cl)cc1. The number of carbonyl (C=O) groups excluding carboxylic acids is 2. The van der Waals surface area contributed by atoms with E-state index in [1.54, 1.807) is 12.1 Å². The average Bonchev–Trinajstić information content (AvgIpc) is 2.36. The Morgan fingerprint density at radius 1 is 1.37 bits per heavy atom. The Morgan fingerprint density at radius 3 is 2.42 bits per heavy atom. The predicted molar refractivity (Wildman–Crippen MR) is 72.0 cm³/mol. The lowest BCUT2D eigenvalue weighted by atomic mass is 9.63. The molecule has 0 unspecified atom stereocenters. The zero-order chi connectivity index (χ0) is 14.0. The minimum atomic E-state index is -0.936. The molecule has 1 aliphatic carbocycles. The van der Waals surface area contributed by atoms with Gasteiger partial charge in [-0.25, -0.2) is 4.79 Å². The fraction of sp³-hybridized carbons (Fsp3) is 0.429. The molecule has 4 nitrogen and oxygen atoms in total. The van der Waals surface area contributed by atoms with Gasteiger partial charge in [0.25, 0.3) is 0 Å². The molecule has 1 aromatic rings. The molecule has 0 saturated heterocycles. The van der Waals surface area contributed by atoms with Gasteiger partial charge in [0, 0.05) is 17.9 Å². The summed E-state index contributed by atoms with van der Waals surface area (Å²) in [6.07, 6.45) is 1.42. The lowest BCUT2D eigenvalue weighted by Crippen LogP contribution is -2.63. The fourth-order valence-corrected chi connectivity index (χ4v) is 2.79. The van der Waals surface area contributed by atoms with Crippen molar-refractivity contribution in [1.29, 1.82) is 0 Å². The number of amides is 1. The molecule has 5 heteroatoms. The molecule has 1 amide bonds. The smallest absolute Gasteiger partial charge is 0.332 e. The highest BCUT2D eigenvalue weighted by molar-refractivity contribution is 6.30. The molecule has 19 heavy (non-hydrogen) atoms. The normalized spacial score (nSPS) is 25.3. The van der Waals surface area contributed by atoms with Gasteiger partial charge in [-0.1, -0.05) is 23.7 Å². The number of ether oxygens (including phenoxy) is 1. The summed E-state index contributed by atoms with van der Waals surface area (Å²) in [6, 6.07) is 7.33. The number of halogens is 1. The zero-order valence-electron chi connectivity index (χ0n) is 10.9. The van der Waals surface area contributed by atoms with Crippen LogP contribution in [0.2, 0.25) is 5.02 Å². The number of methoxy groups -OCH3 is 1. The molecule has 1 fully saturated rings. The van der Waals surface area contributed by atoms with Crippen molar-refractivity contribution in [2.45, 2.75) is 31.2 Å². The van der Waals surface area contributed by atoms with Gasteiger partial charge in [-0.3, -0.25) is 4.79 Å². The van der Waals surface area contributed by atoms with Crippen molar-refractivity contribution in [1.82, 2.24) is 5.32 Å². The predicted octanol–water partition coefficient (Wildman–Crippen LogP) is 2.27. The van der Waals surface area contributed by atoms with Gasteiger partial charge in [0.1, 0.15) is 5.54 Å². The Labute approximate surface area is 117 Å². The highest BCUT2D eigenvalue weighted by atomic mass is 35.5. The van der Waals surface area contributed by atoms with E-state index in [0.29, 0.717) is 11.4 Å². The number of hydrogen-bond acceptors (Lipinski definition) is 3. The average molecular weight is 282 g/mol. The lowest BCUT2D eigenvalue weighted by Gasteiger charge is -2.47. The van der Waals surface area contributed by atoms with Crippen LogP contribution in [0.3, 0.4) is 0 Å². The second-order valence-electron chi connectivity index (χ2n) is 4.79. The molecule has 0 bridgehead atoms. The second-order valence-corrected chi connectivity index (χ2v) is 5.22. The van der Waals surface area contributed by atoms with Gasteiger partial charge < -0.3 is 10.1 Å². The van der Waals surface area contributed by atoms with Crippen LogP contribution in [-0.2, 0) is 14.3 Å². The van der Waals surface area contributed by atoms with Crippen molar-refractivity contribution < 1.29 is 14.3 Å². The first-order chi connectivity index (χ1) is 8.99. The molecule has 1 aliphatic rings. The third-order valence-electron chi connectivity index (χ3n) is 3.64. The molecule has 2 atom stereocenters. The number of rotatable bonds is 3. The zero-order valence-corrected chi connectivity index (χ0v) is 11.7. The molecule has 1 aromatic carbocycles. The summed E-state index contributed by atoms with van der Waals surface area (Å²) in [4.78, 5) is 23.4. The van der Waals surface area contributed by atoms with Gasteiger partial charge in [0.2, 0.25) is 5.91 Å². The summed E-state index contributed by atoms with van der Waals surface area (Å²) in [6.45, 7) is 1.40. The molecule has 0 aliphatic heterocycles. The lowest BCUT2D eigenvalue weighted by molar-refractivity contribution is -0.156. The van der Waals surface area contributed by atoms with E-state index < -0.39 is 11.5 Å². The third kappa shape index (κ3) is 2.45. The van der Waals surface area contributed by atoms with Crippen molar-refractivity contribution in [2.24, 2.45) is 0 Å². The van der Waals surface area contributed by atoms with Crippen molar-refractivity contribution in [3.05, 3.63) is 34.9 Å². The van der Waals surface area contributed by atoms with Crippen molar-refractivity contribution >= 4 is 23.5 Å². The van der Waals surface area contributed by atoms with Crippen LogP contribution >= 0.6 is 11.6 Å². The standard InChI is InChI=1S/C14H16ClNO3/c1-9(17)16-14(13(18)19-2)8-7-12(14)10-3-5-11(15)6-4-10/h3-6,12H,7-8H2,1-2H3,(H,16,17)/t12-,14-/m1/s1. The topological polar surface area (TPSA) is 55.4 Å². The Kier molecular flexibility index (Phi) is 3.80. The fourth-order valence-electron chi connectivity index (χ4n) is 2.66. The summed E-state index contributed by atoms with van der Waals surface area (Å²) < 4.78 is 4.85. The van der Waals surface area contributed by atoms with E-state index in [1.807, 2.05) is 12.1 Å². The third-order valence-corrected chi connectivity index (χ3v) is 3.90. The highest BCUT2D eigenvalue weighted by Crippen LogP contribution is 2.47.